The van der Waals surface area contributed by atoms with Gasteiger partial charge in [0.25, 0.3) is 0 Å². The van der Waals surface area contributed by atoms with Gasteiger partial charge in [-0.2, -0.15) is 0 Å². The molecule has 0 bridgehead atoms. The zero-order valence-electron chi connectivity index (χ0n) is 8.79. The summed E-state index contributed by atoms with van der Waals surface area (Å²) in [4.78, 5) is 7.91. The zero-order valence-corrected chi connectivity index (χ0v) is 9.60. The molecule has 0 amide bonds. The Labute approximate surface area is 89.1 Å². The molecule has 1 aliphatic heterocycles. The highest BCUT2D eigenvalue weighted by Gasteiger charge is 2.17. The Balaban J connectivity index is 2.07. The number of thiazole rings is 1. The molecule has 1 saturated heterocycles. The third-order valence-electron chi connectivity index (χ3n) is 2.59. The molecule has 1 atom stereocenters. The summed E-state index contributed by atoms with van der Waals surface area (Å²) in [7, 11) is 4.09. The largest absolute Gasteiger partial charge is 0.354 e. The standard InChI is InChI=1S/C10H17N3S/c1-13(2)10-12-7-9(14-10)8-4-3-5-11-6-8/h7-8,11H,3-6H2,1-2H3. The minimum atomic E-state index is 0.690. The minimum Gasteiger partial charge on any atom is -0.354 e. The first kappa shape index (κ1) is 9.93. The molecular formula is C10H17N3S. The van der Waals surface area contributed by atoms with Crippen molar-refractivity contribution in [1.29, 1.82) is 0 Å². The van der Waals surface area contributed by atoms with Gasteiger partial charge in [-0.15, -0.1) is 11.3 Å². The first-order valence-electron chi connectivity index (χ1n) is 5.11. The van der Waals surface area contributed by atoms with Gasteiger partial charge in [-0.05, 0) is 19.4 Å². The minimum absolute atomic E-state index is 0.690. The Morgan fingerprint density at radius 1 is 1.57 bits per heavy atom. The number of hydrogen-bond donors (Lipinski definition) is 1. The first-order valence-corrected chi connectivity index (χ1v) is 5.93. The summed E-state index contributed by atoms with van der Waals surface area (Å²) in [6.07, 6.45) is 4.64. The fourth-order valence-electron chi connectivity index (χ4n) is 1.77. The van der Waals surface area contributed by atoms with Gasteiger partial charge in [-0.25, -0.2) is 4.98 Å². The second-order valence-electron chi connectivity index (χ2n) is 3.98. The number of nitrogens with zero attached hydrogens (tertiary/aromatic N) is 2. The highest BCUT2D eigenvalue weighted by Crippen LogP contribution is 2.30. The van der Waals surface area contributed by atoms with Crippen LogP contribution in [0.5, 0.6) is 0 Å². The maximum absolute atomic E-state index is 4.41. The molecule has 4 heteroatoms. The Morgan fingerprint density at radius 3 is 3.00 bits per heavy atom. The molecule has 0 saturated carbocycles. The third kappa shape index (κ3) is 2.07. The van der Waals surface area contributed by atoms with Crippen molar-refractivity contribution in [2.45, 2.75) is 18.8 Å². The van der Waals surface area contributed by atoms with Gasteiger partial charge in [0.05, 0.1) is 0 Å². The third-order valence-corrected chi connectivity index (χ3v) is 3.92. The molecule has 2 heterocycles. The van der Waals surface area contributed by atoms with Crippen molar-refractivity contribution in [3.63, 3.8) is 0 Å². The van der Waals surface area contributed by atoms with Crippen molar-refractivity contribution in [3.05, 3.63) is 11.1 Å². The molecule has 0 aliphatic carbocycles. The molecule has 1 aromatic heterocycles. The number of piperidine rings is 1. The molecule has 1 aliphatic rings. The first-order chi connectivity index (χ1) is 6.77. The van der Waals surface area contributed by atoms with E-state index in [-0.39, 0.29) is 0 Å². The second-order valence-corrected chi connectivity index (χ2v) is 5.02. The van der Waals surface area contributed by atoms with E-state index >= 15 is 0 Å². The van der Waals surface area contributed by atoms with Crippen LogP contribution in [0, 0.1) is 0 Å². The monoisotopic (exact) mass is 211 g/mol. The fourth-order valence-corrected chi connectivity index (χ4v) is 2.74. The van der Waals surface area contributed by atoms with Gasteiger partial charge >= 0.3 is 0 Å². The topological polar surface area (TPSA) is 28.2 Å². The van der Waals surface area contributed by atoms with E-state index in [4.69, 9.17) is 0 Å². The molecule has 2 rings (SSSR count). The predicted octanol–water partition coefficient (Wildman–Crippen LogP) is 1.68. The summed E-state index contributed by atoms with van der Waals surface area (Å²) in [6, 6.07) is 0. The number of hydrogen-bond acceptors (Lipinski definition) is 4. The van der Waals surface area contributed by atoms with Gasteiger partial charge in [0.15, 0.2) is 5.13 Å². The molecule has 3 nitrogen and oxygen atoms in total. The lowest BCUT2D eigenvalue weighted by atomic mass is 9.99. The second kappa shape index (κ2) is 4.28. The van der Waals surface area contributed by atoms with E-state index < -0.39 is 0 Å². The summed E-state index contributed by atoms with van der Waals surface area (Å²) in [5.74, 6) is 0.690. The lowest BCUT2D eigenvalue weighted by molar-refractivity contribution is 0.466. The maximum Gasteiger partial charge on any atom is 0.184 e. The molecule has 1 fully saturated rings. The van der Waals surface area contributed by atoms with Gasteiger partial charge in [0.1, 0.15) is 0 Å². The number of aromatic nitrogens is 1. The molecule has 14 heavy (non-hydrogen) atoms. The molecule has 0 spiro atoms. The van der Waals surface area contributed by atoms with Crippen LogP contribution in [-0.2, 0) is 0 Å². The van der Waals surface area contributed by atoms with Gasteiger partial charge in [0, 0.05) is 37.6 Å². The molecule has 1 N–H and O–H groups in total. The highest BCUT2D eigenvalue weighted by molar-refractivity contribution is 7.15. The summed E-state index contributed by atoms with van der Waals surface area (Å²) in [6.45, 7) is 2.30. The molecule has 1 unspecified atom stereocenters. The van der Waals surface area contributed by atoms with Crippen molar-refractivity contribution >= 4 is 16.5 Å². The average Bonchev–Trinajstić information content (AvgIpc) is 2.68. The van der Waals surface area contributed by atoms with Crippen molar-refractivity contribution in [2.75, 3.05) is 32.1 Å². The van der Waals surface area contributed by atoms with Crippen molar-refractivity contribution in [1.82, 2.24) is 10.3 Å². The summed E-state index contributed by atoms with van der Waals surface area (Å²) >= 11 is 1.82. The van der Waals surface area contributed by atoms with Crippen LogP contribution in [0.15, 0.2) is 6.20 Å². The summed E-state index contributed by atoms with van der Waals surface area (Å²) in [5, 5.41) is 4.55. The fraction of sp³-hybridized carbons (Fsp3) is 0.700. The summed E-state index contributed by atoms with van der Waals surface area (Å²) < 4.78 is 0. The molecule has 1 aromatic rings. The van der Waals surface area contributed by atoms with Gasteiger partial charge in [0.2, 0.25) is 0 Å². The lowest BCUT2D eigenvalue weighted by Gasteiger charge is -2.20. The van der Waals surface area contributed by atoms with E-state index in [1.54, 1.807) is 0 Å². The zero-order chi connectivity index (χ0) is 9.97. The van der Waals surface area contributed by atoms with Crippen LogP contribution >= 0.6 is 11.3 Å². The van der Waals surface area contributed by atoms with E-state index in [1.807, 2.05) is 31.6 Å². The van der Waals surface area contributed by atoms with E-state index in [0.717, 1.165) is 11.7 Å². The van der Waals surface area contributed by atoms with Gasteiger partial charge < -0.3 is 10.2 Å². The maximum atomic E-state index is 4.41. The molecule has 78 valence electrons. The average molecular weight is 211 g/mol. The normalized spacial score (nSPS) is 22.3. The van der Waals surface area contributed by atoms with Crippen LogP contribution < -0.4 is 10.2 Å². The molecule has 0 radical (unpaired) electrons. The summed E-state index contributed by atoms with van der Waals surface area (Å²) in [5.41, 5.74) is 0. The van der Waals surface area contributed by atoms with Crippen LogP contribution in [0.3, 0.4) is 0 Å². The Kier molecular flexibility index (Phi) is 3.03. The van der Waals surface area contributed by atoms with E-state index in [1.165, 1.54) is 24.3 Å². The quantitative estimate of drug-likeness (QED) is 0.806. The van der Waals surface area contributed by atoms with Crippen molar-refractivity contribution in [3.8, 4) is 0 Å². The Bertz CT molecular complexity index is 289. The smallest absolute Gasteiger partial charge is 0.184 e. The van der Waals surface area contributed by atoms with E-state index in [9.17, 15) is 0 Å². The van der Waals surface area contributed by atoms with Crippen molar-refractivity contribution < 1.29 is 0 Å². The van der Waals surface area contributed by atoms with Crippen molar-refractivity contribution in [2.24, 2.45) is 0 Å². The van der Waals surface area contributed by atoms with Crippen LogP contribution in [0.25, 0.3) is 0 Å². The Hall–Kier alpha value is -0.610. The van der Waals surface area contributed by atoms with Crippen LogP contribution in [0.1, 0.15) is 23.6 Å². The molecular weight excluding hydrogens is 194 g/mol. The molecule has 0 aromatic carbocycles. The van der Waals surface area contributed by atoms with E-state index in [2.05, 4.69) is 15.2 Å². The number of anilines is 1. The van der Waals surface area contributed by atoms with Crippen LogP contribution in [0.4, 0.5) is 5.13 Å². The number of nitrogens with one attached hydrogen (secondary N) is 1. The SMILES string of the molecule is CN(C)c1ncc(C2CCCNC2)s1. The predicted molar refractivity (Wildman–Crippen MR) is 61.3 cm³/mol. The number of rotatable bonds is 2. The van der Waals surface area contributed by atoms with Gasteiger partial charge in [-0.1, -0.05) is 0 Å². The van der Waals surface area contributed by atoms with Crippen LogP contribution in [0.2, 0.25) is 0 Å². The lowest BCUT2D eigenvalue weighted by Crippen LogP contribution is -2.27. The van der Waals surface area contributed by atoms with E-state index in [0.29, 0.717) is 5.92 Å². The van der Waals surface area contributed by atoms with Crippen LogP contribution in [-0.4, -0.2) is 32.2 Å². The van der Waals surface area contributed by atoms with Gasteiger partial charge in [-0.3, -0.25) is 0 Å². The Morgan fingerprint density at radius 2 is 2.43 bits per heavy atom. The highest BCUT2D eigenvalue weighted by atomic mass is 32.1.